The quantitative estimate of drug-likeness (QED) is 0.523. The molecular weight excluding hydrogens is 328 g/mol. The average Bonchev–Trinajstić information content (AvgIpc) is 3.03. The summed E-state index contributed by atoms with van der Waals surface area (Å²) in [6.07, 6.45) is 0.993. The van der Waals surface area contributed by atoms with Crippen LogP contribution in [0.2, 0.25) is 0 Å². The second kappa shape index (κ2) is 6.38. The van der Waals surface area contributed by atoms with Crippen LogP contribution in [0.25, 0.3) is 0 Å². The van der Waals surface area contributed by atoms with Crippen LogP contribution in [0.15, 0.2) is 72.1 Å². The first kappa shape index (κ1) is 13.6. The third-order valence-electron chi connectivity index (χ3n) is 3.32. The van der Waals surface area contributed by atoms with E-state index < -0.39 is 0 Å². The van der Waals surface area contributed by atoms with E-state index in [1.165, 1.54) is 21.6 Å². The number of rotatable bonds is 4. The van der Waals surface area contributed by atoms with E-state index in [0.717, 1.165) is 6.42 Å². The fourth-order valence-corrected chi connectivity index (χ4v) is 3.74. The molecule has 0 N–H and O–H groups in total. The van der Waals surface area contributed by atoms with Gasteiger partial charge in [-0.15, -0.1) is 11.3 Å². The molecule has 0 spiro atoms. The molecule has 0 saturated carbocycles. The average molecular weight is 343 g/mol. The summed E-state index contributed by atoms with van der Waals surface area (Å²) in [5.74, 6) is 0. The molecule has 0 aliphatic heterocycles. The Labute approximate surface area is 132 Å². The van der Waals surface area contributed by atoms with Crippen LogP contribution < -0.4 is 0 Å². The van der Waals surface area contributed by atoms with Gasteiger partial charge in [-0.2, -0.15) is 0 Å². The van der Waals surface area contributed by atoms with Crippen LogP contribution in [-0.4, -0.2) is 0 Å². The summed E-state index contributed by atoms with van der Waals surface area (Å²) in [4.78, 5) is 1.65. The van der Waals surface area contributed by atoms with Gasteiger partial charge in [0.2, 0.25) is 0 Å². The van der Waals surface area contributed by atoms with E-state index in [1.54, 1.807) is 11.3 Å². The SMILES string of the molecule is BrC(c1ccc(Cc2ccccc2)cc1)c1cccs1. The van der Waals surface area contributed by atoms with Gasteiger partial charge in [-0.25, -0.2) is 0 Å². The van der Waals surface area contributed by atoms with Crippen LogP contribution in [0.4, 0.5) is 0 Å². The molecule has 2 heteroatoms. The van der Waals surface area contributed by atoms with E-state index in [-0.39, 0.29) is 0 Å². The Kier molecular flexibility index (Phi) is 4.34. The molecule has 3 aromatic rings. The van der Waals surface area contributed by atoms with Crippen molar-refractivity contribution in [3.8, 4) is 0 Å². The van der Waals surface area contributed by atoms with Crippen LogP contribution in [0.5, 0.6) is 0 Å². The molecule has 0 fully saturated rings. The highest BCUT2D eigenvalue weighted by Gasteiger charge is 2.10. The maximum Gasteiger partial charge on any atom is 0.0738 e. The smallest absolute Gasteiger partial charge is 0.0738 e. The van der Waals surface area contributed by atoms with Gasteiger partial charge in [0.25, 0.3) is 0 Å². The minimum absolute atomic E-state index is 0.299. The first-order valence-electron chi connectivity index (χ1n) is 6.63. The van der Waals surface area contributed by atoms with Crippen LogP contribution in [0.3, 0.4) is 0 Å². The van der Waals surface area contributed by atoms with Crippen molar-refractivity contribution in [2.75, 3.05) is 0 Å². The summed E-state index contributed by atoms with van der Waals surface area (Å²) < 4.78 is 0. The summed E-state index contributed by atoms with van der Waals surface area (Å²) in [5, 5.41) is 2.12. The Morgan fingerprint density at radius 2 is 1.50 bits per heavy atom. The molecule has 3 rings (SSSR count). The summed E-state index contributed by atoms with van der Waals surface area (Å²) in [7, 11) is 0. The van der Waals surface area contributed by atoms with Gasteiger partial charge in [0.05, 0.1) is 4.83 Å². The number of hydrogen-bond donors (Lipinski definition) is 0. The topological polar surface area (TPSA) is 0 Å². The van der Waals surface area contributed by atoms with Gasteiger partial charge in [-0.3, -0.25) is 0 Å². The Hall–Kier alpha value is -1.38. The van der Waals surface area contributed by atoms with Gasteiger partial charge in [0.1, 0.15) is 0 Å². The monoisotopic (exact) mass is 342 g/mol. The predicted molar refractivity (Wildman–Crippen MR) is 90.8 cm³/mol. The lowest BCUT2D eigenvalue weighted by Gasteiger charge is -2.09. The predicted octanol–water partition coefficient (Wildman–Crippen LogP) is 5.82. The van der Waals surface area contributed by atoms with Crippen molar-refractivity contribution < 1.29 is 0 Å². The van der Waals surface area contributed by atoms with E-state index in [0.29, 0.717) is 4.83 Å². The van der Waals surface area contributed by atoms with E-state index >= 15 is 0 Å². The van der Waals surface area contributed by atoms with Crippen molar-refractivity contribution >= 4 is 27.3 Å². The van der Waals surface area contributed by atoms with Crippen LogP contribution in [0.1, 0.15) is 26.4 Å². The second-order valence-electron chi connectivity index (χ2n) is 4.78. The molecule has 0 saturated heterocycles. The third kappa shape index (κ3) is 3.20. The van der Waals surface area contributed by atoms with E-state index in [9.17, 15) is 0 Å². The van der Waals surface area contributed by atoms with Crippen LogP contribution >= 0.6 is 27.3 Å². The number of hydrogen-bond acceptors (Lipinski definition) is 1. The van der Waals surface area contributed by atoms with E-state index in [2.05, 4.69) is 88.0 Å². The van der Waals surface area contributed by atoms with Gasteiger partial charge in [0.15, 0.2) is 0 Å². The number of alkyl halides is 1. The van der Waals surface area contributed by atoms with Crippen molar-refractivity contribution in [1.82, 2.24) is 0 Å². The van der Waals surface area contributed by atoms with Gasteiger partial charge in [-0.1, -0.05) is 76.6 Å². The molecule has 0 aliphatic carbocycles. The lowest BCUT2D eigenvalue weighted by Crippen LogP contribution is -1.92. The molecule has 0 radical (unpaired) electrons. The zero-order chi connectivity index (χ0) is 13.8. The lowest BCUT2D eigenvalue weighted by atomic mass is 10.0. The van der Waals surface area contributed by atoms with Gasteiger partial charge in [-0.05, 0) is 34.6 Å². The largest absolute Gasteiger partial charge is 0.147 e. The first-order valence-corrected chi connectivity index (χ1v) is 8.43. The molecule has 1 unspecified atom stereocenters. The summed E-state index contributed by atoms with van der Waals surface area (Å²) >= 11 is 5.56. The van der Waals surface area contributed by atoms with E-state index in [4.69, 9.17) is 0 Å². The molecule has 0 nitrogen and oxygen atoms in total. The number of halogens is 1. The number of benzene rings is 2. The molecule has 2 aromatic carbocycles. The third-order valence-corrected chi connectivity index (χ3v) is 5.58. The highest BCUT2D eigenvalue weighted by Crippen LogP contribution is 2.33. The highest BCUT2D eigenvalue weighted by molar-refractivity contribution is 9.09. The summed E-state index contributed by atoms with van der Waals surface area (Å²) in [6, 6.07) is 23.7. The Morgan fingerprint density at radius 3 is 2.15 bits per heavy atom. The fourth-order valence-electron chi connectivity index (χ4n) is 2.24. The summed E-state index contributed by atoms with van der Waals surface area (Å²) in [6.45, 7) is 0. The molecule has 1 aromatic heterocycles. The van der Waals surface area contributed by atoms with Crippen molar-refractivity contribution in [3.63, 3.8) is 0 Å². The molecule has 1 atom stereocenters. The van der Waals surface area contributed by atoms with Crippen LogP contribution in [-0.2, 0) is 6.42 Å². The van der Waals surface area contributed by atoms with Gasteiger partial charge >= 0.3 is 0 Å². The molecule has 0 aliphatic rings. The zero-order valence-electron chi connectivity index (χ0n) is 11.0. The van der Waals surface area contributed by atoms with Crippen molar-refractivity contribution in [3.05, 3.63) is 93.7 Å². The first-order chi connectivity index (χ1) is 9.83. The maximum absolute atomic E-state index is 3.78. The van der Waals surface area contributed by atoms with Crippen molar-refractivity contribution in [1.29, 1.82) is 0 Å². The maximum atomic E-state index is 3.78. The standard InChI is InChI=1S/C18H15BrS/c19-18(17-7-4-12-20-17)16-10-8-15(9-11-16)13-14-5-2-1-3-6-14/h1-12,18H,13H2. The molecule has 0 bridgehead atoms. The molecule has 100 valence electrons. The summed E-state index contributed by atoms with van der Waals surface area (Å²) in [5.41, 5.74) is 4.02. The Bertz CT molecular complexity index is 642. The van der Waals surface area contributed by atoms with Crippen molar-refractivity contribution in [2.45, 2.75) is 11.2 Å². The lowest BCUT2D eigenvalue weighted by molar-refractivity contribution is 1.16. The van der Waals surface area contributed by atoms with Gasteiger partial charge in [0, 0.05) is 4.88 Å². The molecule has 0 amide bonds. The molecular formula is C18H15BrS. The van der Waals surface area contributed by atoms with Crippen molar-refractivity contribution in [2.24, 2.45) is 0 Å². The minimum atomic E-state index is 0.299. The zero-order valence-corrected chi connectivity index (χ0v) is 13.4. The molecule has 20 heavy (non-hydrogen) atoms. The molecule has 1 heterocycles. The van der Waals surface area contributed by atoms with E-state index in [1.807, 2.05) is 0 Å². The fraction of sp³-hybridized carbons (Fsp3) is 0.111. The normalized spacial score (nSPS) is 12.2. The minimum Gasteiger partial charge on any atom is -0.147 e. The Morgan fingerprint density at radius 1 is 0.800 bits per heavy atom. The second-order valence-corrected chi connectivity index (χ2v) is 6.68. The van der Waals surface area contributed by atoms with Crippen LogP contribution in [0, 0.1) is 0 Å². The van der Waals surface area contributed by atoms with Gasteiger partial charge < -0.3 is 0 Å². The highest BCUT2D eigenvalue weighted by atomic mass is 79.9. The number of thiophene rings is 1. The Balaban J connectivity index is 1.75.